The molecule has 1 saturated heterocycles. The molecule has 0 spiro atoms. The van der Waals surface area contributed by atoms with Gasteiger partial charge in [0.2, 0.25) is 0 Å². The number of rotatable bonds is 3. The zero-order valence-electron chi connectivity index (χ0n) is 12.4. The summed E-state index contributed by atoms with van der Waals surface area (Å²) in [7, 11) is 0. The van der Waals surface area contributed by atoms with E-state index in [9.17, 15) is 14.7 Å². The Kier molecular flexibility index (Phi) is 3.91. The normalized spacial score (nSPS) is 22.6. The molecule has 5 heteroatoms. The van der Waals surface area contributed by atoms with E-state index < -0.39 is 11.4 Å². The number of carboxylic acid groups (broad SMARTS) is 1. The van der Waals surface area contributed by atoms with Crippen LogP contribution in [0.5, 0.6) is 0 Å². The van der Waals surface area contributed by atoms with Gasteiger partial charge in [0.25, 0.3) is 5.91 Å². The molecule has 1 amide bonds. The van der Waals surface area contributed by atoms with E-state index in [1.54, 1.807) is 4.90 Å². The molecule has 1 aromatic rings. The third-order valence-corrected chi connectivity index (χ3v) is 5.64. The summed E-state index contributed by atoms with van der Waals surface area (Å²) in [6.07, 6.45) is 0.537. The molecule has 0 saturated carbocycles. The summed E-state index contributed by atoms with van der Waals surface area (Å²) in [6.45, 7) is 8.66. The Morgan fingerprint density at radius 1 is 1.40 bits per heavy atom. The van der Waals surface area contributed by atoms with Gasteiger partial charge in [-0.25, -0.2) is 0 Å². The van der Waals surface area contributed by atoms with Gasteiger partial charge in [0, 0.05) is 18.0 Å². The molecule has 1 unspecified atom stereocenters. The van der Waals surface area contributed by atoms with Gasteiger partial charge < -0.3 is 10.0 Å². The number of hydrogen-bond donors (Lipinski definition) is 1. The number of hydrogen-bond acceptors (Lipinski definition) is 3. The highest BCUT2D eigenvalue weighted by Crippen LogP contribution is 2.39. The van der Waals surface area contributed by atoms with Gasteiger partial charge in [0.15, 0.2) is 0 Å². The van der Waals surface area contributed by atoms with Crippen LogP contribution in [0.4, 0.5) is 0 Å². The Morgan fingerprint density at radius 3 is 2.45 bits per heavy atom. The van der Waals surface area contributed by atoms with Crippen LogP contribution in [-0.4, -0.2) is 35.0 Å². The second-order valence-electron chi connectivity index (χ2n) is 5.94. The monoisotopic (exact) mass is 295 g/mol. The molecule has 0 aromatic carbocycles. The van der Waals surface area contributed by atoms with Crippen LogP contribution in [0, 0.1) is 25.2 Å². The van der Waals surface area contributed by atoms with Crippen molar-refractivity contribution in [2.24, 2.45) is 11.3 Å². The number of aliphatic carboxylic acids is 1. The first-order valence-electron chi connectivity index (χ1n) is 6.87. The van der Waals surface area contributed by atoms with Crippen LogP contribution in [-0.2, 0) is 4.79 Å². The van der Waals surface area contributed by atoms with E-state index in [-0.39, 0.29) is 11.8 Å². The zero-order valence-corrected chi connectivity index (χ0v) is 13.2. The molecule has 110 valence electrons. The minimum absolute atomic E-state index is 0.0182. The van der Waals surface area contributed by atoms with Crippen LogP contribution in [0.25, 0.3) is 0 Å². The van der Waals surface area contributed by atoms with Gasteiger partial charge in [-0.3, -0.25) is 9.59 Å². The van der Waals surface area contributed by atoms with Gasteiger partial charge in [0.1, 0.15) is 0 Å². The maximum Gasteiger partial charge on any atom is 0.311 e. The van der Waals surface area contributed by atoms with Crippen molar-refractivity contribution in [2.75, 3.05) is 13.1 Å². The number of carbonyl (C=O) groups excluding carboxylic acids is 1. The van der Waals surface area contributed by atoms with E-state index in [0.717, 1.165) is 10.4 Å². The third kappa shape index (κ3) is 2.35. The average molecular weight is 295 g/mol. The molecule has 1 fully saturated rings. The van der Waals surface area contributed by atoms with Gasteiger partial charge in [0.05, 0.1) is 10.3 Å². The molecule has 1 aliphatic rings. The first-order chi connectivity index (χ1) is 9.28. The van der Waals surface area contributed by atoms with Crippen LogP contribution >= 0.6 is 11.3 Å². The lowest BCUT2D eigenvalue weighted by molar-refractivity contribution is -0.150. The second-order valence-corrected chi connectivity index (χ2v) is 7.20. The Labute approximate surface area is 123 Å². The predicted molar refractivity (Wildman–Crippen MR) is 79.2 cm³/mol. The molecule has 4 nitrogen and oxygen atoms in total. The highest BCUT2D eigenvalue weighted by molar-refractivity contribution is 7.14. The molecule has 0 radical (unpaired) electrons. The fourth-order valence-corrected chi connectivity index (χ4v) is 3.74. The smallest absolute Gasteiger partial charge is 0.311 e. The quantitative estimate of drug-likeness (QED) is 0.932. The SMILES string of the molecule is Cc1cc(C(=O)N2CCC(C(=O)O)(C(C)C)C2)sc1C. The van der Waals surface area contributed by atoms with Crippen LogP contribution in [0.3, 0.4) is 0 Å². The molecule has 1 atom stereocenters. The van der Waals surface area contributed by atoms with E-state index in [0.29, 0.717) is 24.4 Å². The van der Waals surface area contributed by atoms with Crippen molar-refractivity contribution in [3.05, 3.63) is 21.4 Å². The molecule has 2 rings (SSSR count). The molecule has 20 heavy (non-hydrogen) atoms. The number of amides is 1. The van der Waals surface area contributed by atoms with Crippen LogP contribution in [0.2, 0.25) is 0 Å². The number of likely N-dealkylation sites (tertiary alicyclic amines) is 1. The van der Waals surface area contributed by atoms with Crippen molar-refractivity contribution in [2.45, 2.75) is 34.1 Å². The molecular weight excluding hydrogens is 274 g/mol. The molecule has 1 aromatic heterocycles. The van der Waals surface area contributed by atoms with Crippen LogP contribution in [0.15, 0.2) is 6.07 Å². The van der Waals surface area contributed by atoms with Gasteiger partial charge in [-0.1, -0.05) is 13.8 Å². The Balaban J connectivity index is 2.20. The molecule has 1 N–H and O–H groups in total. The topological polar surface area (TPSA) is 57.6 Å². The fraction of sp³-hybridized carbons (Fsp3) is 0.600. The molecule has 1 aliphatic heterocycles. The van der Waals surface area contributed by atoms with Crippen molar-refractivity contribution >= 4 is 23.2 Å². The van der Waals surface area contributed by atoms with Gasteiger partial charge in [-0.2, -0.15) is 0 Å². The van der Waals surface area contributed by atoms with E-state index in [4.69, 9.17) is 0 Å². The highest BCUT2D eigenvalue weighted by atomic mass is 32.1. The molecule has 0 aliphatic carbocycles. The third-order valence-electron chi connectivity index (χ3n) is 4.50. The summed E-state index contributed by atoms with van der Waals surface area (Å²) in [6, 6.07) is 1.90. The summed E-state index contributed by atoms with van der Waals surface area (Å²) in [5.41, 5.74) is 0.322. The van der Waals surface area contributed by atoms with E-state index in [1.807, 2.05) is 33.8 Å². The van der Waals surface area contributed by atoms with Crippen molar-refractivity contribution in [3.8, 4) is 0 Å². The molecule has 2 heterocycles. The largest absolute Gasteiger partial charge is 0.481 e. The van der Waals surface area contributed by atoms with Crippen molar-refractivity contribution in [3.63, 3.8) is 0 Å². The second kappa shape index (κ2) is 5.20. The zero-order chi connectivity index (χ0) is 15.1. The number of carbonyl (C=O) groups is 2. The maximum atomic E-state index is 12.5. The standard InChI is InChI=1S/C15H21NO3S/c1-9(2)15(14(18)19)5-6-16(8-15)13(17)12-7-10(3)11(4)20-12/h7,9H,5-6,8H2,1-4H3,(H,18,19). The lowest BCUT2D eigenvalue weighted by Gasteiger charge is -2.28. The number of nitrogens with zero attached hydrogens (tertiary/aromatic N) is 1. The lowest BCUT2D eigenvalue weighted by atomic mass is 9.76. The fourth-order valence-electron chi connectivity index (χ4n) is 2.73. The van der Waals surface area contributed by atoms with Crippen molar-refractivity contribution < 1.29 is 14.7 Å². The maximum absolute atomic E-state index is 12.5. The van der Waals surface area contributed by atoms with Gasteiger partial charge in [-0.05, 0) is 37.8 Å². The van der Waals surface area contributed by atoms with E-state index >= 15 is 0 Å². The van der Waals surface area contributed by atoms with Crippen LogP contribution < -0.4 is 0 Å². The number of aryl methyl sites for hydroxylation is 2. The van der Waals surface area contributed by atoms with Crippen molar-refractivity contribution in [1.29, 1.82) is 0 Å². The predicted octanol–water partition coefficient (Wildman–Crippen LogP) is 2.94. The van der Waals surface area contributed by atoms with E-state index in [1.165, 1.54) is 11.3 Å². The minimum atomic E-state index is -0.795. The summed E-state index contributed by atoms with van der Waals surface area (Å²) in [5.74, 6) is -0.805. The van der Waals surface area contributed by atoms with Crippen LogP contribution in [0.1, 0.15) is 40.4 Å². The molecular formula is C15H21NO3S. The number of carboxylic acids is 1. The average Bonchev–Trinajstić information content (AvgIpc) is 2.94. The van der Waals surface area contributed by atoms with Crippen molar-refractivity contribution in [1.82, 2.24) is 4.90 Å². The number of thiophene rings is 1. The lowest BCUT2D eigenvalue weighted by Crippen LogP contribution is -2.40. The summed E-state index contributed by atoms with van der Waals surface area (Å²) in [4.78, 5) is 27.6. The minimum Gasteiger partial charge on any atom is -0.481 e. The Hall–Kier alpha value is -1.36. The Morgan fingerprint density at radius 2 is 2.05 bits per heavy atom. The van der Waals surface area contributed by atoms with Gasteiger partial charge >= 0.3 is 5.97 Å². The molecule has 0 bridgehead atoms. The van der Waals surface area contributed by atoms with Gasteiger partial charge in [-0.15, -0.1) is 11.3 Å². The Bertz CT molecular complexity index is 530. The first kappa shape index (κ1) is 15.0. The summed E-state index contributed by atoms with van der Waals surface area (Å²) in [5, 5.41) is 9.52. The highest BCUT2D eigenvalue weighted by Gasteiger charge is 2.48. The summed E-state index contributed by atoms with van der Waals surface area (Å²) < 4.78 is 0. The first-order valence-corrected chi connectivity index (χ1v) is 7.69. The van der Waals surface area contributed by atoms with E-state index in [2.05, 4.69) is 0 Å². The summed E-state index contributed by atoms with van der Waals surface area (Å²) >= 11 is 1.49.